The van der Waals surface area contributed by atoms with Crippen molar-refractivity contribution in [1.82, 2.24) is 25.9 Å². The highest BCUT2D eigenvalue weighted by molar-refractivity contribution is 5.94. The summed E-state index contributed by atoms with van der Waals surface area (Å²) in [6.07, 6.45) is 0. The third-order valence-corrected chi connectivity index (χ3v) is 2.29. The number of benzene rings is 1. The smallest absolute Gasteiger partial charge is 0.254 e. The zero-order valence-corrected chi connectivity index (χ0v) is 9.32. The largest absolute Gasteiger partial charge is 0.342 e. The topological polar surface area (TPSA) is 83.6 Å². The summed E-state index contributed by atoms with van der Waals surface area (Å²) in [4.78, 5) is 11.7. The van der Waals surface area contributed by atoms with E-state index in [0.29, 0.717) is 0 Å². The number of tetrazole rings is 1. The van der Waals surface area contributed by atoms with Gasteiger partial charge in [0, 0.05) is 0 Å². The zero-order chi connectivity index (χ0) is 13.1. The van der Waals surface area contributed by atoms with Crippen molar-refractivity contribution in [2.24, 2.45) is 0 Å². The van der Waals surface area contributed by atoms with Crippen molar-refractivity contribution >= 4 is 5.91 Å². The van der Waals surface area contributed by atoms with Gasteiger partial charge in [-0.15, -0.1) is 10.2 Å². The summed E-state index contributed by atoms with van der Waals surface area (Å²) in [6.45, 7) is 1.60. The molecular weight excluding hydrogens is 244 g/mol. The van der Waals surface area contributed by atoms with Crippen LogP contribution < -0.4 is 5.32 Å². The van der Waals surface area contributed by atoms with Gasteiger partial charge in [0.1, 0.15) is 0 Å². The van der Waals surface area contributed by atoms with Crippen molar-refractivity contribution in [3.8, 4) is 0 Å². The van der Waals surface area contributed by atoms with Gasteiger partial charge in [-0.1, -0.05) is 11.3 Å². The molecule has 2 N–H and O–H groups in total. The van der Waals surface area contributed by atoms with Crippen LogP contribution in [0.2, 0.25) is 0 Å². The van der Waals surface area contributed by atoms with Crippen LogP contribution in [0.1, 0.15) is 29.1 Å². The Bertz CT molecular complexity index is 557. The maximum absolute atomic E-state index is 13.4. The minimum atomic E-state index is -1.18. The van der Waals surface area contributed by atoms with E-state index < -0.39 is 23.6 Å². The van der Waals surface area contributed by atoms with Gasteiger partial charge in [0.25, 0.3) is 5.91 Å². The number of nitrogens with zero attached hydrogens (tertiary/aromatic N) is 3. The molecular formula is C10H9F2N5O. The van der Waals surface area contributed by atoms with Gasteiger partial charge in [0.15, 0.2) is 17.5 Å². The number of aromatic nitrogens is 4. The molecule has 0 aliphatic heterocycles. The molecule has 1 aromatic heterocycles. The summed E-state index contributed by atoms with van der Waals surface area (Å²) in [5.41, 5.74) is -0.370. The van der Waals surface area contributed by atoms with E-state index in [2.05, 4.69) is 25.9 Å². The molecule has 1 aromatic carbocycles. The number of hydrogen-bond donors (Lipinski definition) is 2. The minimum absolute atomic E-state index is 0.250. The predicted molar refractivity (Wildman–Crippen MR) is 56.4 cm³/mol. The molecule has 1 heterocycles. The molecule has 94 valence electrons. The van der Waals surface area contributed by atoms with Crippen LogP contribution in [0.4, 0.5) is 8.78 Å². The molecule has 1 unspecified atom stereocenters. The Morgan fingerprint density at radius 3 is 2.89 bits per heavy atom. The highest BCUT2D eigenvalue weighted by Crippen LogP contribution is 2.13. The predicted octanol–water partition coefficient (Wildman–Crippen LogP) is 0.969. The second kappa shape index (κ2) is 4.86. The molecule has 2 aromatic rings. The number of halogens is 2. The number of aromatic amines is 1. The Morgan fingerprint density at radius 2 is 2.22 bits per heavy atom. The van der Waals surface area contributed by atoms with Crippen molar-refractivity contribution in [1.29, 1.82) is 0 Å². The lowest BCUT2D eigenvalue weighted by molar-refractivity contribution is 0.0933. The lowest BCUT2D eigenvalue weighted by atomic mass is 10.2. The first-order valence-corrected chi connectivity index (χ1v) is 5.08. The van der Waals surface area contributed by atoms with Crippen LogP contribution in [0.3, 0.4) is 0 Å². The van der Waals surface area contributed by atoms with Gasteiger partial charge < -0.3 is 5.32 Å². The summed E-state index contributed by atoms with van der Waals surface area (Å²) in [6, 6.07) is 2.82. The monoisotopic (exact) mass is 253 g/mol. The molecule has 6 nitrogen and oxygen atoms in total. The molecule has 0 aliphatic carbocycles. The normalized spacial score (nSPS) is 12.2. The van der Waals surface area contributed by atoms with Crippen molar-refractivity contribution in [3.63, 3.8) is 0 Å². The van der Waals surface area contributed by atoms with E-state index in [0.717, 1.165) is 6.07 Å². The van der Waals surface area contributed by atoms with Crippen LogP contribution in [0.15, 0.2) is 18.2 Å². The molecule has 18 heavy (non-hydrogen) atoms. The zero-order valence-electron chi connectivity index (χ0n) is 9.32. The number of rotatable bonds is 3. The van der Waals surface area contributed by atoms with Gasteiger partial charge in [-0.25, -0.2) is 8.78 Å². The fourth-order valence-corrected chi connectivity index (χ4v) is 1.37. The molecule has 0 saturated heterocycles. The van der Waals surface area contributed by atoms with Crippen LogP contribution >= 0.6 is 0 Å². The molecule has 0 fully saturated rings. The van der Waals surface area contributed by atoms with Gasteiger partial charge in [-0.2, -0.15) is 5.21 Å². The Balaban J connectivity index is 2.15. The van der Waals surface area contributed by atoms with Crippen LogP contribution in [0, 0.1) is 11.6 Å². The number of carbonyl (C=O) groups is 1. The molecule has 2 rings (SSSR count). The van der Waals surface area contributed by atoms with Gasteiger partial charge in [-0.05, 0) is 19.1 Å². The summed E-state index contributed by atoms with van der Waals surface area (Å²) in [5.74, 6) is -2.75. The summed E-state index contributed by atoms with van der Waals surface area (Å²) < 4.78 is 26.3. The van der Waals surface area contributed by atoms with Crippen LogP contribution in [0.5, 0.6) is 0 Å². The maximum Gasteiger partial charge on any atom is 0.254 e. The Morgan fingerprint density at radius 1 is 1.44 bits per heavy atom. The second-order valence-corrected chi connectivity index (χ2v) is 3.57. The molecule has 0 saturated carbocycles. The number of amides is 1. The van der Waals surface area contributed by atoms with E-state index in [4.69, 9.17) is 0 Å². The van der Waals surface area contributed by atoms with Gasteiger partial charge >= 0.3 is 0 Å². The van der Waals surface area contributed by atoms with E-state index in [9.17, 15) is 13.6 Å². The summed E-state index contributed by atoms with van der Waals surface area (Å²) in [5, 5.41) is 15.3. The molecule has 0 spiro atoms. The van der Waals surface area contributed by atoms with E-state index in [1.807, 2.05) is 0 Å². The number of nitrogens with one attached hydrogen (secondary N) is 2. The molecule has 8 heteroatoms. The highest BCUT2D eigenvalue weighted by Gasteiger charge is 2.19. The Kier molecular flexibility index (Phi) is 3.26. The first-order valence-electron chi connectivity index (χ1n) is 5.08. The first kappa shape index (κ1) is 12.1. The van der Waals surface area contributed by atoms with Crippen molar-refractivity contribution in [3.05, 3.63) is 41.2 Å². The second-order valence-electron chi connectivity index (χ2n) is 3.57. The third-order valence-electron chi connectivity index (χ3n) is 2.29. The highest BCUT2D eigenvalue weighted by atomic mass is 19.2. The SMILES string of the molecule is CC(NC(=O)c1cccc(F)c1F)c1nn[nH]n1. The lowest BCUT2D eigenvalue weighted by Gasteiger charge is -2.10. The van der Waals surface area contributed by atoms with Crippen molar-refractivity contribution < 1.29 is 13.6 Å². The Labute approximate surface area is 100 Å². The van der Waals surface area contributed by atoms with E-state index in [-0.39, 0.29) is 11.4 Å². The summed E-state index contributed by atoms with van der Waals surface area (Å²) >= 11 is 0. The minimum Gasteiger partial charge on any atom is -0.342 e. The van der Waals surface area contributed by atoms with Crippen LogP contribution in [-0.4, -0.2) is 26.5 Å². The van der Waals surface area contributed by atoms with E-state index in [1.54, 1.807) is 6.92 Å². The van der Waals surface area contributed by atoms with Crippen molar-refractivity contribution in [2.75, 3.05) is 0 Å². The van der Waals surface area contributed by atoms with E-state index >= 15 is 0 Å². The van der Waals surface area contributed by atoms with Crippen LogP contribution in [-0.2, 0) is 0 Å². The third kappa shape index (κ3) is 2.31. The van der Waals surface area contributed by atoms with E-state index in [1.165, 1.54) is 12.1 Å². The fourth-order valence-electron chi connectivity index (χ4n) is 1.37. The summed E-state index contributed by atoms with van der Waals surface area (Å²) in [7, 11) is 0. The first-order chi connectivity index (χ1) is 8.59. The van der Waals surface area contributed by atoms with Crippen LogP contribution in [0.25, 0.3) is 0 Å². The maximum atomic E-state index is 13.4. The van der Waals surface area contributed by atoms with Crippen molar-refractivity contribution in [2.45, 2.75) is 13.0 Å². The quantitative estimate of drug-likeness (QED) is 0.853. The fraction of sp³-hybridized carbons (Fsp3) is 0.200. The molecule has 0 aliphatic rings. The number of H-pyrrole nitrogens is 1. The number of hydrogen-bond acceptors (Lipinski definition) is 4. The number of carbonyl (C=O) groups excluding carboxylic acids is 1. The lowest BCUT2D eigenvalue weighted by Crippen LogP contribution is -2.28. The van der Waals surface area contributed by atoms with Gasteiger partial charge in [-0.3, -0.25) is 4.79 Å². The molecule has 1 amide bonds. The standard InChI is InChI=1S/C10H9F2N5O/c1-5(9-14-16-17-15-9)13-10(18)6-3-2-4-7(11)8(6)12/h2-5H,1H3,(H,13,18)(H,14,15,16,17). The molecule has 1 atom stereocenters. The average Bonchev–Trinajstić information content (AvgIpc) is 2.86. The molecule has 0 radical (unpaired) electrons. The molecule has 0 bridgehead atoms. The average molecular weight is 253 g/mol. The Hall–Kier alpha value is -2.38. The van der Waals surface area contributed by atoms with Gasteiger partial charge in [0.2, 0.25) is 0 Å². The van der Waals surface area contributed by atoms with Gasteiger partial charge in [0.05, 0.1) is 11.6 Å².